The Morgan fingerprint density at radius 3 is 2.11 bits per heavy atom. The second kappa shape index (κ2) is 6.76. The molecular formula is C14H25NO3. The topological polar surface area (TPSA) is 46.6 Å². The van der Waals surface area contributed by atoms with Gasteiger partial charge in [0.1, 0.15) is 0 Å². The van der Waals surface area contributed by atoms with Crippen LogP contribution in [-0.2, 0) is 14.3 Å². The Kier molecular flexibility index (Phi) is 5.63. The highest BCUT2D eigenvalue weighted by Gasteiger charge is 2.25. The van der Waals surface area contributed by atoms with Crippen molar-refractivity contribution in [2.24, 2.45) is 17.8 Å². The number of carbonyl (C=O) groups is 2. The third-order valence-electron chi connectivity index (χ3n) is 3.35. The Morgan fingerprint density at radius 2 is 1.67 bits per heavy atom. The van der Waals surface area contributed by atoms with Gasteiger partial charge in [0.2, 0.25) is 5.91 Å². The molecule has 0 bridgehead atoms. The summed E-state index contributed by atoms with van der Waals surface area (Å²) in [6.07, 6.45) is 1.87. The minimum Gasteiger partial charge on any atom is -0.465 e. The first-order valence-electron chi connectivity index (χ1n) is 6.87. The molecule has 1 saturated heterocycles. The number of likely N-dealkylation sites (tertiary alicyclic amines) is 1. The van der Waals surface area contributed by atoms with Gasteiger partial charge in [0.15, 0.2) is 0 Å². The predicted molar refractivity (Wildman–Crippen MR) is 69.9 cm³/mol. The molecule has 1 amide bonds. The molecule has 4 heteroatoms. The zero-order valence-corrected chi connectivity index (χ0v) is 11.9. The molecule has 0 N–H and O–H groups in total. The molecule has 0 atom stereocenters. The molecule has 0 aliphatic carbocycles. The van der Waals surface area contributed by atoms with Gasteiger partial charge in [-0.25, -0.2) is 0 Å². The Labute approximate surface area is 110 Å². The standard InChI is InChI=1S/C14H25NO3/c1-10(2)13(16)15-7-5-12(6-8-15)9-18-14(17)11(3)4/h10-12H,5-9H2,1-4H3. The summed E-state index contributed by atoms with van der Waals surface area (Å²) >= 11 is 0. The molecule has 0 aromatic heterocycles. The van der Waals surface area contributed by atoms with E-state index in [4.69, 9.17) is 4.74 Å². The largest absolute Gasteiger partial charge is 0.465 e. The summed E-state index contributed by atoms with van der Waals surface area (Å²) in [6, 6.07) is 0. The van der Waals surface area contributed by atoms with Gasteiger partial charge in [0.25, 0.3) is 0 Å². The van der Waals surface area contributed by atoms with Crippen LogP contribution in [0, 0.1) is 17.8 Å². The van der Waals surface area contributed by atoms with Gasteiger partial charge in [0.05, 0.1) is 12.5 Å². The fraction of sp³-hybridized carbons (Fsp3) is 0.857. The van der Waals surface area contributed by atoms with Gasteiger partial charge in [-0.1, -0.05) is 27.7 Å². The highest BCUT2D eigenvalue weighted by Crippen LogP contribution is 2.19. The molecular weight excluding hydrogens is 230 g/mol. The van der Waals surface area contributed by atoms with Crippen LogP contribution in [0.5, 0.6) is 0 Å². The zero-order valence-electron chi connectivity index (χ0n) is 11.9. The second-order valence-electron chi connectivity index (χ2n) is 5.71. The van der Waals surface area contributed by atoms with Crippen molar-refractivity contribution in [3.8, 4) is 0 Å². The van der Waals surface area contributed by atoms with Gasteiger partial charge in [-0.15, -0.1) is 0 Å². The lowest BCUT2D eigenvalue weighted by Crippen LogP contribution is -2.41. The van der Waals surface area contributed by atoms with E-state index >= 15 is 0 Å². The first-order valence-corrected chi connectivity index (χ1v) is 6.87. The van der Waals surface area contributed by atoms with Crippen molar-refractivity contribution >= 4 is 11.9 Å². The normalized spacial score (nSPS) is 17.3. The van der Waals surface area contributed by atoms with Gasteiger partial charge in [-0.05, 0) is 18.8 Å². The Morgan fingerprint density at radius 1 is 1.11 bits per heavy atom. The molecule has 0 spiro atoms. The fourth-order valence-electron chi connectivity index (χ4n) is 2.05. The number of nitrogens with zero attached hydrogens (tertiary/aromatic N) is 1. The fourth-order valence-corrected chi connectivity index (χ4v) is 2.05. The van der Waals surface area contributed by atoms with E-state index in [1.54, 1.807) is 0 Å². The number of ether oxygens (including phenoxy) is 1. The van der Waals surface area contributed by atoms with Crippen molar-refractivity contribution in [1.82, 2.24) is 4.90 Å². The van der Waals surface area contributed by atoms with Gasteiger partial charge in [0, 0.05) is 19.0 Å². The summed E-state index contributed by atoms with van der Waals surface area (Å²) in [5.41, 5.74) is 0. The summed E-state index contributed by atoms with van der Waals surface area (Å²) in [6.45, 7) is 9.62. The summed E-state index contributed by atoms with van der Waals surface area (Å²) < 4.78 is 5.24. The highest BCUT2D eigenvalue weighted by molar-refractivity contribution is 5.78. The molecule has 0 aromatic carbocycles. The quantitative estimate of drug-likeness (QED) is 0.723. The maximum absolute atomic E-state index is 11.8. The third kappa shape index (κ3) is 4.31. The molecule has 18 heavy (non-hydrogen) atoms. The molecule has 0 saturated carbocycles. The van der Waals surface area contributed by atoms with Gasteiger partial charge in [-0.3, -0.25) is 9.59 Å². The van der Waals surface area contributed by atoms with Gasteiger partial charge < -0.3 is 9.64 Å². The maximum Gasteiger partial charge on any atom is 0.308 e. The number of rotatable bonds is 4. The lowest BCUT2D eigenvalue weighted by Gasteiger charge is -2.32. The molecule has 0 unspecified atom stereocenters. The van der Waals surface area contributed by atoms with Crippen LogP contribution in [0.4, 0.5) is 0 Å². The van der Waals surface area contributed by atoms with Gasteiger partial charge in [-0.2, -0.15) is 0 Å². The van der Waals surface area contributed by atoms with E-state index < -0.39 is 0 Å². The third-order valence-corrected chi connectivity index (χ3v) is 3.35. The molecule has 104 valence electrons. The van der Waals surface area contributed by atoms with E-state index in [9.17, 15) is 9.59 Å². The maximum atomic E-state index is 11.8. The van der Waals surface area contributed by atoms with E-state index in [0.29, 0.717) is 12.5 Å². The minimum atomic E-state index is -0.129. The van der Waals surface area contributed by atoms with Crippen LogP contribution in [0.15, 0.2) is 0 Å². The van der Waals surface area contributed by atoms with E-state index in [1.807, 2.05) is 32.6 Å². The number of hydrogen-bond donors (Lipinski definition) is 0. The lowest BCUT2D eigenvalue weighted by molar-refractivity contribution is -0.150. The van der Waals surface area contributed by atoms with Crippen LogP contribution in [0.1, 0.15) is 40.5 Å². The number of piperidine rings is 1. The van der Waals surface area contributed by atoms with E-state index in [0.717, 1.165) is 25.9 Å². The average Bonchev–Trinajstić information content (AvgIpc) is 2.35. The second-order valence-corrected chi connectivity index (χ2v) is 5.71. The molecule has 1 heterocycles. The van der Waals surface area contributed by atoms with Crippen molar-refractivity contribution in [1.29, 1.82) is 0 Å². The number of carbonyl (C=O) groups excluding carboxylic acids is 2. The zero-order chi connectivity index (χ0) is 13.7. The molecule has 1 aliphatic heterocycles. The Bertz CT molecular complexity index is 291. The molecule has 1 aliphatic rings. The monoisotopic (exact) mass is 255 g/mol. The van der Waals surface area contributed by atoms with Crippen molar-refractivity contribution in [3.63, 3.8) is 0 Å². The van der Waals surface area contributed by atoms with Crippen LogP contribution in [0.25, 0.3) is 0 Å². The summed E-state index contributed by atoms with van der Waals surface area (Å²) in [5, 5.41) is 0. The molecule has 1 fully saturated rings. The highest BCUT2D eigenvalue weighted by atomic mass is 16.5. The average molecular weight is 255 g/mol. The van der Waals surface area contributed by atoms with Crippen molar-refractivity contribution in [2.45, 2.75) is 40.5 Å². The van der Waals surface area contributed by atoms with Crippen LogP contribution in [-0.4, -0.2) is 36.5 Å². The molecule has 0 aromatic rings. The lowest BCUT2D eigenvalue weighted by atomic mass is 9.97. The number of esters is 1. The predicted octanol–water partition coefficient (Wildman–Crippen LogP) is 2.08. The minimum absolute atomic E-state index is 0.0624. The number of amides is 1. The van der Waals surface area contributed by atoms with E-state index in [1.165, 1.54) is 0 Å². The summed E-state index contributed by atoms with van der Waals surface area (Å²) in [5.74, 6) is 0.514. The van der Waals surface area contributed by atoms with Gasteiger partial charge >= 0.3 is 5.97 Å². The molecule has 4 nitrogen and oxygen atoms in total. The Balaban J connectivity index is 2.27. The van der Waals surface area contributed by atoms with Crippen molar-refractivity contribution in [2.75, 3.05) is 19.7 Å². The first kappa shape index (κ1) is 15.0. The van der Waals surface area contributed by atoms with Crippen LogP contribution in [0.3, 0.4) is 0 Å². The number of hydrogen-bond acceptors (Lipinski definition) is 3. The first-order chi connectivity index (χ1) is 8.41. The Hall–Kier alpha value is -1.06. The smallest absolute Gasteiger partial charge is 0.308 e. The van der Waals surface area contributed by atoms with Crippen LogP contribution < -0.4 is 0 Å². The van der Waals surface area contributed by atoms with E-state index in [-0.39, 0.29) is 23.7 Å². The molecule has 1 rings (SSSR count). The van der Waals surface area contributed by atoms with Crippen LogP contribution >= 0.6 is 0 Å². The van der Waals surface area contributed by atoms with E-state index in [2.05, 4.69) is 0 Å². The summed E-state index contributed by atoms with van der Waals surface area (Å²) in [4.78, 5) is 25.1. The van der Waals surface area contributed by atoms with Crippen molar-refractivity contribution in [3.05, 3.63) is 0 Å². The SMILES string of the molecule is CC(C)C(=O)OCC1CCN(C(=O)C(C)C)CC1. The summed E-state index contributed by atoms with van der Waals surface area (Å²) in [7, 11) is 0. The molecule has 0 radical (unpaired) electrons. The van der Waals surface area contributed by atoms with Crippen LogP contribution in [0.2, 0.25) is 0 Å². The van der Waals surface area contributed by atoms with Crippen molar-refractivity contribution < 1.29 is 14.3 Å².